The van der Waals surface area contributed by atoms with E-state index in [1.165, 1.54) is 12.3 Å². The SMILES string of the molecule is C=CC=Nc1c(NC(=O)c2ccccc2)c(O)c2ccccc2c1O. The van der Waals surface area contributed by atoms with Gasteiger partial charge in [-0.2, -0.15) is 0 Å². The van der Waals surface area contributed by atoms with Crippen LogP contribution in [0, 0.1) is 0 Å². The standard InChI is InChI=1S/C20H16N2O3/c1-2-12-21-16-17(22-20(25)13-8-4-3-5-9-13)19(24)15-11-7-6-10-14(15)18(16)23/h2-12,23-24H,1H2,(H,22,25). The molecule has 0 aliphatic rings. The van der Waals surface area contributed by atoms with E-state index in [1.807, 2.05) is 0 Å². The number of hydrogen-bond donors (Lipinski definition) is 3. The molecule has 0 heterocycles. The maximum Gasteiger partial charge on any atom is 0.255 e. The van der Waals surface area contributed by atoms with E-state index in [4.69, 9.17) is 0 Å². The summed E-state index contributed by atoms with van der Waals surface area (Å²) in [5, 5.41) is 24.7. The fourth-order valence-electron chi connectivity index (χ4n) is 2.54. The molecule has 5 nitrogen and oxygen atoms in total. The fourth-order valence-corrected chi connectivity index (χ4v) is 2.54. The number of phenolic OH excluding ortho intramolecular Hbond substituents is 2. The van der Waals surface area contributed by atoms with Gasteiger partial charge < -0.3 is 15.5 Å². The molecule has 3 aromatic carbocycles. The van der Waals surface area contributed by atoms with Crippen LogP contribution in [0.3, 0.4) is 0 Å². The number of aliphatic imine (C=N–C) groups is 1. The first-order valence-corrected chi connectivity index (χ1v) is 7.61. The van der Waals surface area contributed by atoms with Crippen LogP contribution in [-0.2, 0) is 0 Å². The van der Waals surface area contributed by atoms with Gasteiger partial charge in [-0.05, 0) is 12.1 Å². The Morgan fingerprint density at radius 3 is 2.20 bits per heavy atom. The fraction of sp³-hybridized carbons (Fsp3) is 0. The van der Waals surface area contributed by atoms with E-state index in [9.17, 15) is 15.0 Å². The molecule has 0 aliphatic carbocycles. The Morgan fingerprint density at radius 2 is 1.56 bits per heavy atom. The van der Waals surface area contributed by atoms with Crippen LogP contribution in [0.2, 0.25) is 0 Å². The molecular formula is C20H16N2O3. The molecule has 25 heavy (non-hydrogen) atoms. The van der Waals surface area contributed by atoms with Gasteiger partial charge in [0.2, 0.25) is 0 Å². The van der Waals surface area contributed by atoms with E-state index in [0.29, 0.717) is 16.3 Å². The second-order valence-electron chi connectivity index (χ2n) is 5.30. The van der Waals surface area contributed by atoms with Crippen molar-refractivity contribution in [2.45, 2.75) is 0 Å². The number of allylic oxidation sites excluding steroid dienone is 1. The number of phenols is 2. The lowest BCUT2D eigenvalue weighted by Crippen LogP contribution is -2.12. The number of rotatable bonds is 4. The highest BCUT2D eigenvalue weighted by Gasteiger charge is 2.20. The van der Waals surface area contributed by atoms with Crippen molar-refractivity contribution in [3.63, 3.8) is 0 Å². The van der Waals surface area contributed by atoms with E-state index < -0.39 is 5.91 Å². The molecule has 0 saturated carbocycles. The second-order valence-corrected chi connectivity index (χ2v) is 5.30. The maximum atomic E-state index is 12.5. The molecule has 124 valence electrons. The molecule has 0 spiro atoms. The summed E-state index contributed by atoms with van der Waals surface area (Å²) in [4.78, 5) is 16.6. The van der Waals surface area contributed by atoms with Gasteiger partial charge in [-0.25, -0.2) is 0 Å². The van der Waals surface area contributed by atoms with E-state index in [1.54, 1.807) is 54.6 Å². The minimum atomic E-state index is -0.416. The lowest BCUT2D eigenvalue weighted by molar-refractivity contribution is 0.102. The van der Waals surface area contributed by atoms with Gasteiger partial charge in [0, 0.05) is 22.6 Å². The maximum absolute atomic E-state index is 12.5. The summed E-state index contributed by atoms with van der Waals surface area (Å²) in [7, 11) is 0. The van der Waals surface area contributed by atoms with Crippen LogP contribution >= 0.6 is 0 Å². The van der Waals surface area contributed by atoms with Gasteiger partial charge in [-0.3, -0.25) is 9.79 Å². The molecular weight excluding hydrogens is 316 g/mol. The molecule has 1 amide bonds. The highest BCUT2D eigenvalue weighted by Crippen LogP contribution is 2.48. The number of carbonyl (C=O) groups is 1. The predicted octanol–water partition coefficient (Wildman–Crippen LogP) is 4.39. The molecule has 3 N–H and O–H groups in total. The summed E-state index contributed by atoms with van der Waals surface area (Å²) < 4.78 is 0. The Bertz CT molecular complexity index is 979. The average Bonchev–Trinajstić information content (AvgIpc) is 2.66. The van der Waals surface area contributed by atoms with Gasteiger partial charge in [0.15, 0.2) is 5.75 Å². The number of anilines is 1. The number of benzene rings is 3. The van der Waals surface area contributed by atoms with E-state index in [-0.39, 0.29) is 22.9 Å². The van der Waals surface area contributed by atoms with Crippen LogP contribution in [0.4, 0.5) is 11.4 Å². The van der Waals surface area contributed by atoms with Gasteiger partial charge in [0.25, 0.3) is 5.91 Å². The number of carbonyl (C=O) groups excluding carboxylic acids is 1. The molecule has 0 unspecified atom stereocenters. The number of aromatic hydroxyl groups is 2. The highest BCUT2D eigenvalue weighted by atomic mass is 16.3. The van der Waals surface area contributed by atoms with E-state index in [0.717, 1.165) is 0 Å². The predicted molar refractivity (Wildman–Crippen MR) is 100 cm³/mol. The molecule has 0 fully saturated rings. The number of nitrogens with zero attached hydrogens (tertiary/aromatic N) is 1. The summed E-state index contributed by atoms with van der Waals surface area (Å²) in [5.74, 6) is -0.704. The Kier molecular flexibility index (Phi) is 4.48. The lowest BCUT2D eigenvalue weighted by atomic mass is 10.0. The van der Waals surface area contributed by atoms with Gasteiger partial charge in [0.05, 0.1) is 0 Å². The van der Waals surface area contributed by atoms with Crippen molar-refractivity contribution in [2.75, 3.05) is 5.32 Å². The highest BCUT2D eigenvalue weighted by molar-refractivity contribution is 6.12. The second kappa shape index (κ2) is 6.88. The van der Waals surface area contributed by atoms with Crippen LogP contribution in [0.1, 0.15) is 10.4 Å². The molecule has 3 aromatic rings. The lowest BCUT2D eigenvalue weighted by Gasteiger charge is -2.15. The zero-order chi connectivity index (χ0) is 17.8. The molecule has 0 bridgehead atoms. The number of nitrogens with one attached hydrogen (secondary N) is 1. The van der Waals surface area contributed by atoms with Crippen molar-refractivity contribution in [1.82, 2.24) is 0 Å². The largest absolute Gasteiger partial charge is 0.505 e. The van der Waals surface area contributed by atoms with Crippen molar-refractivity contribution in [2.24, 2.45) is 4.99 Å². The third-order valence-corrected chi connectivity index (χ3v) is 3.72. The molecule has 0 aliphatic heterocycles. The minimum absolute atomic E-state index is 0.0446. The molecule has 0 aromatic heterocycles. The summed E-state index contributed by atoms with van der Waals surface area (Å²) >= 11 is 0. The summed E-state index contributed by atoms with van der Waals surface area (Å²) in [5.41, 5.74) is 0.539. The Morgan fingerprint density at radius 1 is 0.960 bits per heavy atom. The van der Waals surface area contributed by atoms with Crippen LogP contribution in [0.15, 0.2) is 72.2 Å². The first kappa shape index (κ1) is 16.3. The molecule has 0 radical (unpaired) electrons. The van der Waals surface area contributed by atoms with Gasteiger partial charge in [-0.15, -0.1) is 0 Å². The summed E-state index contributed by atoms with van der Waals surface area (Å²) in [6, 6.07) is 15.4. The van der Waals surface area contributed by atoms with Crippen molar-refractivity contribution < 1.29 is 15.0 Å². The number of fused-ring (bicyclic) bond motifs is 1. The monoisotopic (exact) mass is 332 g/mol. The van der Waals surface area contributed by atoms with Crippen molar-refractivity contribution in [1.29, 1.82) is 0 Å². The van der Waals surface area contributed by atoms with Crippen molar-refractivity contribution in [3.05, 3.63) is 72.8 Å². The van der Waals surface area contributed by atoms with Gasteiger partial charge >= 0.3 is 0 Å². The molecule has 0 saturated heterocycles. The molecule has 0 atom stereocenters. The summed E-state index contributed by atoms with van der Waals surface area (Å²) in [6.45, 7) is 3.55. The quantitative estimate of drug-likeness (QED) is 0.376. The third-order valence-electron chi connectivity index (χ3n) is 3.72. The van der Waals surface area contributed by atoms with Crippen LogP contribution in [0.5, 0.6) is 11.5 Å². The Labute approximate surface area is 144 Å². The van der Waals surface area contributed by atoms with Crippen molar-refractivity contribution >= 4 is 34.3 Å². The van der Waals surface area contributed by atoms with E-state index >= 15 is 0 Å². The van der Waals surface area contributed by atoms with Gasteiger partial charge in [-0.1, -0.05) is 55.1 Å². The van der Waals surface area contributed by atoms with Crippen LogP contribution < -0.4 is 5.32 Å². The average molecular weight is 332 g/mol. The third kappa shape index (κ3) is 3.07. The topological polar surface area (TPSA) is 81.9 Å². The van der Waals surface area contributed by atoms with Gasteiger partial charge in [0.1, 0.15) is 17.1 Å². The van der Waals surface area contributed by atoms with E-state index in [2.05, 4.69) is 16.9 Å². The zero-order valence-electron chi connectivity index (χ0n) is 13.3. The number of amides is 1. The first-order chi connectivity index (χ1) is 12.1. The Hall–Kier alpha value is -3.60. The first-order valence-electron chi connectivity index (χ1n) is 7.61. The Balaban J connectivity index is 2.18. The molecule has 5 heteroatoms. The van der Waals surface area contributed by atoms with Crippen molar-refractivity contribution in [3.8, 4) is 11.5 Å². The molecule has 3 rings (SSSR count). The van der Waals surface area contributed by atoms with Crippen LogP contribution in [-0.4, -0.2) is 22.3 Å². The van der Waals surface area contributed by atoms with Crippen LogP contribution in [0.25, 0.3) is 10.8 Å². The zero-order valence-corrected chi connectivity index (χ0v) is 13.3. The number of hydrogen-bond acceptors (Lipinski definition) is 4. The summed E-state index contributed by atoms with van der Waals surface area (Å²) in [6.07, 6.45) is 2.82. The minimum Gasteiger partial charge on any atom is -0.505 e. The normalized spacial score (nSPS) is 10.9. The smallest absolute Gasteiger partial charge is 0.255 e.